The van der Waals surface area contributed by atoms with Gasteiger partial charge in [0.15, 0.2) is 5.69 Å². The molecule has 7 heteroatoms. The lowest BCUT2D eigenvalue weighted by molar-refractivity contribution is 0.0689. The first-order valence-corrected chi connectivity index (χ1v) is 7.23. The van der Waals surface area contributed by atoms with E-state index < -0.39 is 5.97 Å². The van der Waals surface area contributed by atoms with Crippen molar-refractivity contribution in [3.8, 4) is 0 Å². The predicted octanol–water partition coefficient (Wildman–Crippen LogP) is 3.53. The average Bonchev–Trinajstić information content (AvgIpc) is 2.75. The highest BCUT2D eigenvalue weighted by Crippen LogP contribution is 2.23. The van der Waals surface area contributed by atoms with Crippen LogP contribution in [0.2, 0.25) is 10.0 Å². The molecule has 1 N–H and O–H groups in total. The van der Waals surface area contributed by atoms with E-state index in [0.717, 1.165) is 5.56 Å². The maximum atomic E-state index is 11.2. The third-order valence-electron chi connectivity index (χ3n) is 2.98. The van der Waals surface area contributed by atoms with Gasteiger partial charge >= 0.3 is 5.97 Å². The number of carboxylic acid groups (broad SMARTS) is 1. The Labute approximate surface area is 132 Å². The summed E-state index contributed by atoms with van der Waals surface area (Å²) in [6.45, 7) is 4.38. The highest BCUT2D eigenvalue weighted by atomic mass is 35.5. The second-order valence-corrected chi connectivity index (χ2v) is 6.02. The summed E-state index contributed by atoms with van der Waals surface area (Å²) in [6, 6.07) is 5.18. The van der Waals surface area contributed by atoms with E-state index in [0.29, 0.717) is 34.6 Å². The molecule has 1 aromatic carbocycles. The number of benzene rings is 1. The zero-order valence-corrected chi connectivity index (χ0v) is 13.2. The van der Waals surface area contributed by atoms with Gasteiger partial charge in [0.2, 0.25) is 0 Å². The van der Waals surface area contributed by atoms with Gasteiger partial charge in [-0.05, 0) is 30.0 Å². The highest BCUT2D eigenvalue weighted by molar-refractivity contribution is 6.35. The van der Waals surface area contributed by atoms with Crippen LogP contribution in [-0.2, 0) is 13.0 Å². The molecule has 0 saturated carbocycles. The third-order valence-corrected chi connectivity index (χ3v) is 3.56. The lowest BCUT2D eigenvalue weighted by Gasteiger charge is -2.10. The molecule has 21 heavy (non-hydrogen) atoms. The summed E-state index contributed by atoms with van der Waals surface area (Å²) in [5.41, 5.74) is 1.41. The summed E-state index contributed by atoms with van der Waals surface area (Å²) in [4.78, 5) is 11.2. The minimum absolute atomic E-state index is 0.00575. The second-order valence-electron chi connectivity index (χ2n) is 5.18. The van der Waals surface area contributed by atoms with E-state index in [4.69, 9.17) is 23.2 Å². The summed E-state index contributed by atoms with van der Waals surface area (Å²) < 4.78 is 1.58. The molecule has 0 bridgehead atoms. The van der Waals surface area contributed by atoms with Crippen LogP contribution < -0.4 is 0 Å². The summed E-state index contributed by atoms with van der Waals surface area (Å²) >= 11 is 12.0. The largest absolute Gasteiger partial charge is 0.476 e. The Bertz CT molecular complexity index is 668. The smallest absolute Gasteiger partial charge is 0.358 e. The average molecular weight is 328 g/mol. The summed E-state index contributed by atoms with van der Waals surface area (Å²) in [6.07, 6.45) is 0.583. The van der Waals surface area contributed by atoms with E-state index >= 15 is 0 Å². The van der Waals surface area contributed by atoms with Gasteiger partial charge in [-0.25, -0.2) is 9.48 Å². The number of nitrogens with zero attached hydrogens (tertiary/aromatic N) is 3. The Balaban J connectivity index is 2.37. The quantitative estimate of drug-likeness (QED) is 0.912. The number of carboxylic acids is 1. The molecule has 0 aliphatic rings. The Morgan fingerprint density at radius 2 is 2.10 bits per heavy atom. The topological polar surface area (TPSA) is 68.0 Å². The molecule has 2 rings (SSSR count). The minimum Gasteiger partial charge on any atom is -0.476 e. The van der Waals surface area contributed by atoms with Gasteiger partial charge in [-0.15, -0.1) is 5.10 Å². The number of rotatable bonds is 5. The highest BCUT2D eigenvalue weighted by Gasteiger charge is 2.20. The van der Waals surface area contributed by atoms with Crippen LogP contribution in [0.25, 0.3) is 0 Å². The molecular weight excluding hydrogens is 313 g/mol. The zero-order valence-electron chi connectivity index (χ0n) is 11.7. The molecule has 0 spiro atoms. The molecule has 0 saturated heterocycles. The van der Waals surface area contributed by atoms with E-state index in [2.05, 4.69) is 10.3 Å². The Kier molecular flexibility index (Phi) is 4.85. The SMILES string of the molecule is CC(C)Cc1c(C(=O)O)nnn1Cc1ccc(Cl)cc1Cl. The molecule has 0 amide bonds. The van der Waals surface area contributed by atoms with E-state index in [1.54, 1.807) is 22.9 Å². The number of hydrogen-bond acceptors (Lipinski definition) is 3. The zero-order chi connectivity index (χ0) is 15.6. The van der Waals surface area contributed by atoms with Gasteiger partial charge in [0, 0.05) is 10.0 Å². The van der Waals surface area contributed by atoms with Crippen molar-refractivity contribution in [2.75, 3.05) is 0 Å². The Hall–Kier alpha value is -1.59. The van der Waals surface area contributed by atoms with E-state index in [1.807, 2.05) is 13.8 Å². The summed E-state index contributed by atoms with van der Waals surface area (Å²) in [5, 5.41) is 18.0. The van der Waals surface area contributed by atoms with Crippen molar-refractivity contribution in [3.05, 3.63) is 45.2 Å². The molecule has 0 fully saturated rings. The van der Waals surface area contributed by atoms with E-state index in [1.165, 1.54) is 0 Å². The van der Waals surface area contributed by atoms with Crippen molar-refractivity contribution in [3.63, 3.8) is 0 Å². The molecule has 5 nitrogen and oxygen atoms in total. The number of halogens is 2. The van der Waals surface area contributed by atoms with Gasteiger partial charge in [0.25, 0.3) is 0 Å². The standard InChI is InChI=1S/C14H15Cl2N3O2/c1-8(2)5-12-13(14(20)21)17-18-19(12)7-9-3-4-10(15)6-11(9)16/h3-4,6,8H,5,7H2,1-2H3,(H,20,21). The normalized spacial score (nSPS) is 11.1. The van der Waals surface area contributed by atoms with Crippen LogP contribution >= 0.6 is 23.2 Å². The molecule has 1 heterocycles. The lowest BCUT2D eigenvalue weighted by Crippen LogP contribution is -2.12. The van der Waals surface area contributed by atoms with Crippen LogP contribution in [0, 0.1) is 5.92 Å². The Morgan fingerprint density at radius 1 is 1.38 bits per heavy atom. The molecule has 0 aliphatic carbocycles. The fraction of sp³-hybridized carbons (Fsp3) is 0.357. The van der Waals surface area contributed by atoms with Crippen molar-refractivity contribution in [1.82, 2.24) is 15.0 Å². The van der Waals surface area contributed by atoms with Crippen LogP contribution in [0.4, 0.5) is 0 Å². The van der Waals surface area contributed by atoms with Crippen molar-refractivity contribution in [1.29, 1.82) is 0 Å². The summed E-state index contributed by atoms with van der Waals surface area (Å²) in [5.74, 6) is -0.778. The minimum atomic E-state index is -1.07. The molecular formula is C14H15Cl2N3O2. The molecule has 0 atom stereocenters. The molecule has 0 radical (unpaired) electrons. The second kappa shape index (κ2) is 6.45. The van der Waals surface area contributed by atoms with Crippen molar-refractivity contribution < 1.29 is 9.90 Å². The van der Waals surface area contributed by atoms with Gasteiger partial charge in [-0.3, -0.25) is 0 Å². The fourth-order valence-corrected chi connectivity index (χ4v) is 2.49. The fourth-order valence-electron chi connectivity index (χ4n) is 2.03. The maximum Gasteiger partial charge on any atom is 0.358 e. The maximum absolute atomic E-state index is 11.2. The van der Waals surface area contributed by atoms with Crippen LogP contribution in [0.3, 0.4) is 0 Å². The monoisotopic (exact) mass is 327 g/mol. The summed E-state index contributed by atoms with van der Waals surface area (Å²) in [7, 11) is 0. The van der Waals surface area contributed by atoms with Gasteiger partial charge < -0.3 is 5.11 Å². The van der Waals surface area contributed by atoms with Gasteiger partial charge in [0.05, 0.1) is 12.2 Å². The Morgan fingerprint density at radius 3 is 2.67 bits per heavy atom. The first-order valence-electron chi connectivity index (χ1n) is 6.48. The van der Waals surface area contributed by atoms with Gasteiger partial charge in [0.1, 0.15) is 0 Å². The van der Waals surface area contributed by atoms with Crippen LogP contribution in [0.15, 0.2) is 18.2 Å². The molecule has 0 aliphatic heterocycles. The van der Waals surface area contributed by atoms with Crippen molar-refractivity contribution in [2.24, 2.45) is 5.92 Å². The molecule has 2 aromatic rings. The first kappa shape index (κ1) is 15.8. The van der Waals surface area contributed by atoms with Crippen molar-refractivity contribution in [2.45, 2.75) is 26.8 Å². The van der Waals surface area contributed by atoms with Crippen molar-refractivity contribution >= 4 is 29.2 Å². The molecule has 0 unspecified atom stereocenters. The number of aromatic nitrogens is 3. The van der Waals surface area contributed by atoms with E-state index in [9.17, 15) is 9.90 Å². The number of carbonyl (C=O) groups is 1. The van der Waals surface area contributed by atoms with Gasteiger partial charge in [-0.2, -0.15) is 0 Å². The van der Waals surface area contributed by atoms with Crippen LogP contribution in [0.5, 0.6) is 0 Å². The van der Waals surface area contributed by atoms with Crippen LogP contribution in [0.1, 0.15) is 35.6 Å². The third kappa shape index (κ3) is 3.74. The molecule has 112 valence electrons. The lowest BCUT2D eigenvalue weighted by atomic mass is 10.1. The predicted molar refractivity (Wildman–Crippen MR) is 81.1 cm³/mol. The first-order chi connectivity index (χ1) is 9.88. The van der Waals surface area contributed by atoms with E-state index in [-0.39, 0.29) is 5.69 Å². The van der Waals surface area contributed by atoms with Crippen LogP contribution in [-0.4, -0.2) is 26.1 Å². The number of aromatic carboxylic acids is 1. The van der Waals surface area contributed by atoms with Gasteiger partial charge in [-0.1, -0.05) is 48.3 Å². The number of hydrogen-bond donors (Lipinski definition) is 1. The molecule has 1 aromatic heterocycles.